The summed E-state index contributed by atoms with van der Waals surface area (Å²) >= 11 is 0. The second-order valence-electron chi connectivity index (χ2n) is 5.93. The van der Waals surface area contributed by atoms with Gasteiger partial charge < -0.3 is 20.3 Å². The van der Waals surface area contributed by atoms with Crippen molar-refractivity contribution in [2.45, 2.75) is 13.3 Å². The summed E-state index contributed by atoms with van der Waals surface area (Å²) in [6, 6.07) is 1.07. The van der Waals surface area contributed by atoms with E-state index in [0.717, 1.165) is 31.8 Å². The summed E-state index contributed by atoms with van der Waals surface area (Å²) in [6.45, 7) is 5.20. The Bertz CT molecular complexity index is 836. The van der Waals surface area contributed by atoms with E-state index in [2.05, 4.69) is 15.3 Å². The number of hydrogen-bond acceptors (Lipinski definition) is 5. The van der Waals surface area contributed by atoms with Gasteiger partial charge in [0.25, 0.3) is 0 Å². The zero-order valence-corrected chi connectivity index (χ0v) is 13.3. The van der Waals surface area contributed by atoms with Crippen LogP contribution in [0.4, 0.5) is 10.2 Å². The van der Waals surface area contributed by atoms with Crippen molar-refractivity contribution in [2.24, 2.45) is 5.92 Å². The Kier molecular flexibility index (Phi) is 4.48. The number of rotatable bonds is 5. The third kappa shape index (κ3) is 2.96. The average Bonchev–Trinajstić information content (AvgIpc) is 3.01. The van der Waals surface area contributed by atoms with E-state index in [1.165, 1.54) is 0 Å². The quantitative estimate of drug-likeness (QED) is 0.760. The van der Waals surface area contributed by atoms with Gasteiger partial charge in [0, 0.05) is 19.3 Å². The predicted molar refractivity (Wildman–Crippen MR) is 88.1 cm³/mol. The molecule has 1 atom stereocenters. The first-order chi connectivity index (χ1) is 11.5. The molecule has 0 amide bonds. The number of H-pyrrole nitrogens is 1. The van der Waals surface area contributed by atoms with Gasteiger partial charge >= 0.3 is 5.97 Å². The number of aromatic amines is 1. The zero-order chi connectivity index (χ0) is 17.3. The predicted octanol–water partition coefficient (Wildman–Crippen LogP) is 1.20. The van der Waals surface area contributed by atoms with E-state index in [-0.39, 0.29) is 16.9 Å². The van der Waals surface area contributed by atoms with Crippen LogP contribution in [0.15, 0.2) is 17.1 Å². The molecule has 2 aromatic rings. The zero-order valence-electron chi connectivity index (χ0n) is 13.3. The molecule has 128 valence electrons. The molecular formula is C16H19FN4O3. The smallest absolute Gasteiger partial charge is 0.341 e. The Labute approximate surface area is 137 Å². The van der Waals surface area contributed by atoms with E-state index in [9.17, 15) is 14.0 Å². The lowest BCUT2D eigenvalue weighted by Gasteiger charge is -2.18. The number of nitrogens with one attached hydrogen (secondary N) is 2. The monoisotopic (exact) mass is 334 g/mol. The van der Waals surface area contributed by atoms with Crippen LogP contribution >= 0.6 is 0 Å². The van der Waals surface area contributed by atoms with E-state index < -0.39 is 22.8 Å². The van der Waals surface area contributed by atoms with Crippen LogP contribution in [0.2, 0.25) is 0 Å². The minimum absolute atomic E-state index is 0.0560. The van der Waals surface area contributed by atoms with Gasteiger partial charge in [-0.2, -0.15) is 0 Å². The number of fused-ring (bicyclic) bond motifs is 1. The highest BCUT2D eigenvalue weighted by Gasteiger charge is 2.26. The molecule has 0 saturated carbocycles. The third-order valence-electron chi connectivity index (χ3n) is 4.30. The average molecular weight is 334 g/mol. The van der Waals surface area contributed by atoms with Gasteiger partial charge in [-0.3, -0.25) is 4.79 Å². The van der Waals surface area contributed by atoms with Gasteiger partial charge in [-0.1, -0.05) is 6.92 Å². The van der Waals surface area contributed by atoms with Crippen LogP contribution in [0.1, 0.15) is 23.7 Å². The number of carboxylic acids is 1. The van der Waals surface area contributed by atoms with Crippen molar-refractivity contribution < 1.29 is 14.3 Å². The number of hydrogen-bond donors (Lipinski definition) is 3. The fraction of sp³-hybridized carbons (Fsp3) is 0.438. The summed E-state index contributed by atoms with van der Waals surface area (Å²) in [5.41, 5.74) is -0.972. The van der Waals surface area contributed by atoms with E-state index in [0.29, 0.717) is 19.0 Å². The number of aromatic carboxylic acids is 1. The summed E-state index contributed by atoms with van der Waals surface area (Å²) in [4.78, 5) is 31.9. The van der Waals surface area contributed by atoms with E-state index in [4.69, 9.17) is 5.11 Å². The minimum atomic E-state index is -1.35. The summed E-state index contributed by atoms with van der Waals surface area (Å²) in [5, 5.41) is 12.2. The number of carbonyl (C=O) groups is 1. The molecule has 3 N–H and O–H groups in total. The topological polar surface area (TPSA) is 98.3 Å². The fourth-order valence-electron chi connectivity index (χ4n) is 3.03. The third-order valence-corrected chi connectivity index (χ3v) is 4.30. The van der Waals surface area contributed by atoms with Gasteiger partial charge in [0.2, 0.25) is 5.43 Å². The van der Waals surface area contributed by atoms with Gasteiger partial charge in [-0.05, 0) is 31.5 Å². The standard InChI is InChI=1S/C16H19FN4O3/c1-2-18-6-9-3-4-21(8-9)15-12(17)5-10-13(22)11(16(23)24)7-19-14(10)20-15/h5,7,9,18H,2-4,6,8H2,1H3,(H,23,24)(H,19,20,22). The van der Waals surface area contributed by atoms with E-state index in [1.54, 1.807) is 0 Å². The van der Waals surface area contributed by atoms with Crippen LogP contribution in [0, 0.1) is 11.7 Å². The van der Waals surface area contributed by atoms with Crippen LogP contribution in [0.3, 0.4) is 0 Å². The molecule has 0 bridgehead atoms. The summed E-state index contributed by atoms with van der Waals surface area (Å²) in [7, 11) is 0. The molecule has 3 rings (SSSR count). The Morgan fingerprint density at radius 2 is 2.38 bits per heavy atom. The minimum Gasteiger partial charge on any atom is -0.477 e. The van der Waals surface area contributed by atoms with Crippen LogP contribution in [-0.2, 0) is 0 Å². The molecule has 3 heterocycles. The van der Waals surface area contributed by atoms with Crippen molar-refractivity contribution >= 4 is 22.8 Å². The molecule has 1 saturated heterocycles. The molecule has 0 aromatic carbocycles. The van der Waals surface area contributed by atoms with E-state index in [1.807, 2.05) is 11.8 Å². The maximum Gasteiger partial charge on any atom is 0.341 e. The van der Waals surface area contributed by atoms with Crippen LogP contribution in [0.25, 0.3) is 11.0 Å². The molecule has 7 nitrogen and oxygen atoms in total. The first-order valence-corrected chi connectivity index (χ1v) is 7.92. The number of pyridine rings is 2. The largest absolute Gasteiger partial charge is 0.477 e. The molecular weight excluding hydrogens is 315 g/mol. The van der Waals surface area contributed by atoms with Gasteiger partial charge in [-0.25, -0.2) is 14.2 Å². The highest BCUT2D eigenvalue weighted by atomic mass is 19.1. The van der Waals surface area contributed by atoms with Crippen molar-refractivity contribution in [1.82, 2.24) is 15.3 Å². The molecule has 0 aliphatic carbocycles. The second-order valence-corrected chi connectivity index (χ2v) is 5.93. The number of aromatic nitrogens is 2. The summed E-state index contributed by atoms with van der Waals surface area (Å²) in [6.07, 6.45) is 2.04. The number of anilines is 1. The maximum absolute atomic E-state index is 14.4. The van der Waals surface area contributed by atoms with E-state index >= 15 is 0 Å². The van der Waals surface area contributed by atoms with Crippen molar-refractivity contribution in [3.05, 3.63) is 33.9 Å². The molecule has 2 aromatic heterocycles. The van der Waals surface area contributed by atoms with Crippen molar-refractivity contribution in [1.29, 1.82) is 0 Å². The molecule has 1 aliphatic rings. The molecule has 1 aliphatic heterocycles. The SMILES string of the molecule is CCNCC1CCN(c2nc3[nH]cc(C(=O)O)c(=O)c3cc2F)C1. The Hall–Kier alpha value is -2.48. The number of halogens is 1. The number of carboxylic acid groups (broad SMARTS) is 1. The van der Waals surface area contributed by atoms with Crippen LogP contribution < -0.4 is 15.6 Å². The van der Waals surface area contributed by atoms with Crippen LogP contribution in [-0.4, -0.2) is 47.2 Å². The highest BCUT2D eigenvalue weighted by Crippen LogP contribution is 2.26. The molecule has 24 heavy (non-hydrogen) atoms. The lowest BCUT2D eigenvalue weighted by molar-refractivity contribution is 0.0695. The molecule has 0 spiro atoms. The summed E-state index contributed by atoms with van der Waals surface area (Å²) in [5.74, 6) is -1.34. The first-order valence-electron chi connectivity index (χ1n) is 7.92. The molecule has 0 radical (unpaired) electrons. The van der Waals surface area contributed by atoms with Crippen LogP contribution in [0.5, 0.6) is 0 Å². The molecule has 1 unspecified atom stereocenters. The first kappa shape index (κ1) is 16.4. The molecule has 8 heteroatoms. The van der Waals surface area contributed by atoms with Crippen molar-refractivity contribution in [3.63, 3.8) is 0 Å². The lowest BCUT2D eigenvalue weighted by Crippen LogP contribution is -2.27. The van der Waals surface area contributed by atoms with Gasteiger partial charge in [0.15, 0.2) is 11.6 Å². The van der Waals surface area contributed by atoms with Gasteiger partial charge in [-0.15, -0.1) is 0 Å². The fourth-order valence-corrected chi connectivity index (χ4v) is 3.03. The Balaban J connectivity index is 1.94. The maximum atomic E-state index is 14.4. The Morgan fingerprint density at radius 3 is 3.08 bits per heavy atom. The second kappa shape index (κ2) is 6.56. The van der Waals surface area contributed by atoms with Gasteiger partial charge in [0.05, 0.1) is 5.39 Å². The van der Waals surface area contributed by atoms with Crippen molar-refractivity contribution in [2.75, 3.05) is 31.1 Å². The summed E-state index contributed by atoms with van der Waals surface area (Å²) < 4.78 is 14.4. The number of nitrogens with zero attached hydrogens (tertiary/aromatic N) is 2. The Morgan fingerprint density at radius 1 is 1.58 bits per heavy atom. The molecule has 1 fully saturated rings. The van der Waals surface area contributed by atoms with Crippen molar-refractivity contribution in [3.8, 4) is 0 Å². The van der Waals surface area contributed by atoms with Gasteiger partial charge in [0.1, 0.15) is 11.2 Å². The highest BCUT2D eigenvalue weighted by molar-refractivity contribution is 5.91. The lowest BCUT2D eigenvalue weighted by atomic mass is 10.1. The normalized spacial score (nSPS) is 17.6.